The molecule has 1 aliphatic rings. The molecule has 2 aromatic heterocycles. The molecular formula is C18H25N5O2. The Bertz CT molecular complexity index is 756. The van der Waals surface area contributed by atoms with Crippen LogP contribution in [0.1, 0.15) is 48.7 Å². The van der Waals surface area contributed by atoms with Gasteiger partial charge in [-0.2, -0.15) is 0 Å². The summed E-state index contributed by atoms with van der Waals surface area (Å²) in [6, 6.07) is 4.15. The lowest BCUT2D eigenvalue weighted by atomic mass is 10.1. The zero-order valence-electron chi connectivity index (χ0n) is 15.2. The first-order valence-electron chi connectivity index (χ1n) is 8.59. The van der Waals surface area contributed by atoms with Crippen molar-refractivity contribution < 1.29 is 9.53 Å². The average Bonchev–Trinajstić information content (AvgIpc) is 3.02. The van der Waals surface area contributed by atoms with Crippen LogP contribution in [0.3, 0.4) is 0 Å². The van der Waals surface area contributed by atoms with Gasteiger partial charge in [0, 0.05) is 43.6 Å². The van der Waals surface area contributed by atoms with E-state index in [2.05, 4.69) is 31.7 Å². The summed E-state index contributed by atoms with van der Waals surface area (Å²) in [7, 11) is 1.64. The topological polar surface area (TPSA) is 72.3 Å². The van der Waals surface area contributed by atoms with Crippen LogP contribution in [0.5, 0.6) is 5.88 Å². The van der Waals surface area contributed by atoms with E-state index >= 15 is 0 Å². The third-order valence-electron chi connectivity index (χ3n) is 4.43. The van der Waals surface area contributed by atoms with Crippen LogP contribution < -0.4 is 10.1 Å². The Morgan fingerprint density at radius 1 is 1.44 bits per heavy atom. The molecule has 7 heteroatoms. The third kappa shape index (κ3) is 3.66. The molecule has 1 unspecified atom stereocenters. The zero-order chi connectivity index (χ0) is 18.0. The second kappa shape index (κ2) is 7.23. The SMILES string of the molecule is COc1ncccc1CN1CCn2cc(C(=O)NC(C)C)nc2C1C. The number of carbonyl (C=O) groups excluding carboxylic acids is 1. The molecule has 3 rings (SSSR count). The molecule has 0 aromatic carbocycles. The molecule has 1 aliphatic heterocycles. The van der Waals surface area contributed by atoms with Gasteiger partial charge in [-0.15, -0.1) is 0 Å². The lowest BCUT2D eigenvalue weighted by Crippen LogP contribution is -2.36. The van der Waals surface area contributed by atoms with E-state index in [0.29, 0.717) is 11.6 Å². The monoisotopic (exact) mass is 343 g/mol. The van der Waals surface area contributed by atoms with E-state index in [0.717, 1.165) is 31.0 Å². The number of methoxy groups -OCH3 is 1. The lowest BCUT2D eigenvalue weighted by molar-refractivity contribution is 0.0938. The summed E-state index contributed by atoms with van der Waals surface area (Å²) < 4.78 is 7.43. The molecule has 0 fully saturated rings. The Morgan fingerprint density at radius 3 is 2.96 bits per heavy atom. The zero-order valence-corrected chi connectivity index (χ0v) is 15.2. The fourth-order valence-corrected chi connectivity index (χ4v) is 3.14. The highest BCUT2D eigenvalue weighted by atomic mass is 16.5. The first-order chi connectivity index (χ1) is 12.0. The van der Waals surface area contributed by atoms with E-state index in [4.69, 9.17) is 4.74 Å². The van der Waals surface area contributed by atoms with Crippen molar-refractivity contribution in [2.45, 2.75) is 45.9 Å². The minimum atomic E-state index is -0.121. The minimum absolute atomic E-state index is 0.0956. The van der Waals surface area contributed by atoms with E-state index < -0.39 is 0 Å². The van der Waals surface area contributed by atoms with E-state index in [1.54, 1.807) is 13.3 Å². The molecule has 7 nitrogen and oxygen atoms in total. The largest absolute Gasteiger partial charge is 0.481 e. The van der Waals surface area contributed by atoms with Gasteiger partial charge in [-0.3, -0.25) is 9.69 Å². The molecule has 25 heavy (non-hydrogen) atoms. The van der Waals surface area contributed by atoms with Gasteiger partial charge in [0.25, 0.3) is 5.91 Å². The predicted molar refractivity (Wildman–Crippen MR) is 94.4 cm³/mol. The van der Waals surface area contributed by atoms with Crippen LogP contribution in [0.25, 0.3) is 0 Å². The molecule has 0 spiro atoms. The summed E-state index contributed by atoms with van der Waals surface area (Å²) in [6.45, 7) is 8.43. The van der Waals surface area contributed by atoms with E-state index in [1.165, 1.54) is 0 Å². The quantitative estimate of drug-likeness (QED) is 0.899. The normalized spacial score (nSPS) is 17.4. The van der Waals surface area contributed by atoms with Gasteiger partial charge in [0.1, 0.15) is 11.5 Å². The van der Waals surface area contributed by atoms with E-state index in [-0.39, 0.29) is 18.0 Å². The number of hydrogen-bond acceptors (Lipinski definition) is 5. The van der Waals surface area contributed by atoms with Gasteiger partial charge in [0.05, 0.1) is 13.2 Å². The summed E-state index contributed by atoms with van der Waals surface area (Å²) in [5.74, 6) is 1.45. The Hall–Kier alpha value is -2.41. The predicted octanol–water partition coefficient (Wildman–Crippen LogP) is 2.00. The molecule has 3 heterocycles. The van der Waals surface area contributed by atoms with Crippen molar-refractivity contribution in [1.82, 2.24) is 24.8 Å². The summed E-state index contributed by atoms with van der Waals surface area (Å²) in [5, 5.41) is 2.90. The van der Waals surface area contributed by atoms with Crippen LogP contribution in [0.2, 0.25) is 0 Å². The Balaban J connectivity index is 1.78. The van der Waals surface area contributed by atoms with Crippen molar-refractivity contribution >= 4 is 5.91 Å². The Kier molecular flexibility index (Phi) is 5.03. The number of amides is 1. The van der Waals surface area contributed by atoms with E-state index in [1.807, 2.05) is 32.2 Å². The minimum Gasteiger partial charge on any atom is -0.481 e. The van der Waals surface area contributed by atoms with E-state index in [9.17, 15) is 4.79 Å². The summed E-state index contributed by atoms with van der Waals surface area (Å²) >= 11 is 0. The molecule has 0 aliphatic carbocycles. The molecule has 0 bridgehead atoms. The van der Waals surface area contributed by atoms with Gasteiger partial charge < -0.3 is 14.6 Å². The maximum atomic E-state index is 12.2. The second-order valence-corrected chi connectivity index (χ2v) is 6.62. The molecule has 2 aromatic rings. The van der Waals surface area contributed by atoms with Crippen LogP contribution in [0.4, 0.5) is 0 Å². The number of aromatic nitrogens is 3. The number of hydrogen-bond donors (Lipinski definition) is 1. The first-order valence-corrected chi connectivity index (χ1v) is 8.59. The number of imidazole rings is 1. The average molecular weight is 343 g/mol. The van der Waals surface area contributed by atoms with Gasteiger partial charge in [0.15, 0.2) is 0 Å². The number of fused-ring (bicyclic) bond motifs is 1. The van der Waals surface area contributed by atoms with Gasteiger partial charge in [0.2, 0.25) is 5.88 Å². The third-order valence-corrected chi connectivity index (χ3v) is 4.43. The molecule has 1 N–H and O–H groups in total. The van der Waals surface area contributed by atoms with Crippen LogP contribution >= 0.6 is 0 Å². The number of nitrogens with zero attached hydrogens (tertiary/aromatic N) is 4. The fraction of sp³-hybridized carbons (Fsp3) is 0.500. The van der Waals surface area contributed by atoms with Gasteiger partial charge >= 0.3 is 0 Å². The van der Waals surface area contributed by atoms with Gasteiger partial charge in [-0.05, 0) is 26.8 Å². The van der Waals surface area contributed by atoms with Crippen LogP contribution in [0.15, 0.2) is 24.5 Å². The van der Waals surface area contributed by atoms with Crippen LogP contribution in [-0.4, -0.2) is 45.0 Å². The standard InChI is InChI=1S/C18H25N5O2/c1-12(2)20-17(24)15-11-23-9-8-22(13(3)16(23)21-15)10-14-6-5-7-19-18(14)25-4/h5-7,11-13H,8-10H2,1-4H3,(H,20,24). The maximum absolute atomic E-state index is 12.2. The van der Waals surface area contributed by atoms with Crippen LogP contribution in [0, 0.1) is 0 Å². The maximum Gasteiger partial charge on any atom is 0.271 e. The number of carbonyl (C=O) groups is 1. The number of rotatable bonds is 5. The highest BCUT2D eigenvalue weighted by Crippen LogP contribution is 2.28. The van der Waals surface area contributed by atoms with Crippen molar-refractivity contribution in [3.05, 3.63) is 41.6 Å². The Morgan fingerprint density at radius 2 is 2.24 bits per heavy atom. The summed E-state index contributed by atoms with van der Waals surface area (Å²) in [6.07, 6.45) is 3.58. The molecule has 134 valence electrons. The second-order valence-electron chi connectivity index (χ2n) is 6.62. The first kappa shape index (κ1) is 17.4. The molecule has 0 saturated heterocycles. The van der Waals surface area contributed by atoms with Crippen molar-refractivity contribution in [2.24, 2.45) is 0 Å². The number of ether oxygens (including phenoxy) is 1. The summed E-state index contributed by atoms with van der Waals surface area (Å²) in [5.41, 5.74) is 1.53. The highest BCUT2D eigenvalue weighted by Gasteiger charge is 2.28. The number of pyridine rings is 1. The lowest BCUT2D eigenvalue weighted by Gasteiger charge is -2.33. The van der Waals surface area contributed by atoms with Crippen LogP contribution in [-0.2, 0) is 13.1 Å². The molecule has 0 saturated carbocycles. The highest BCUT2D eigenvalue weighted by molar-refractivity contribution is 5.92. The van der Waals surface area contributed by atoms with Crippen molar-refractivity contribution in [2.75, 3.05) is 13.7 Å². The van der Waals surface area contributed by atoms with Gasteiger partial charge in [-0.1, -0.05) is 6.07 Å². The smallest absolute Gasteiger partial charge is 0.271 e. The molecule has 1 amide bonds. The summed E-state index contributed by atoms with van der Waals surface area (Å²) in [4.78, 5) is 23.4. The van der Waals surface area contributed by atoms with Crippen molar-refractivity contribution in [3.63, 3.8) is 0 Å². The van der Waals surface area contributed by atoms with Crippen molar-refractivity contribution in [3.8, 4) is 5.88 Å². The molecular weight excluding hydrogens is 318 g/mol. The molecule has 1 atom stereocenters. The van der Waals surface area contributed by atoms with Crippen molar-refractivity contribution in [1.29, 1.82) is 0 Å². The molecule has 0 radical (unpaired) electrons. The number of nitrogens with one attached hydrogen (secondary N) is 1. The fourth-order valence-electron chi connectivity index (χ4n) is 3.14. The Labute approximate surface area is 148 Å². The van der Waals surface area contributed by atoms with Gasteiger partial charge in [-0.25, -0.2) is 9.97 Å².